The van der Waals surface area contributed by atoms with Crippen molar-refractivity contribution < 1.29 is 4.79 Å². The van der Waals surface area contributed by atoms with Crippen LogP contribution in [0.25, 0.3) is 0 Å². The quantitative estimate of drug-likeness (QED) is 0.879. The number of carbonyl (C=O) groups excluding carboxylic acids is 1. The Labute approximate surface area is 155 Å². The smallest absolute Gasteiger partial charge is 0.225 e. The molecule has 0 saturated carbocycles. The Morgan fingerprint density at radius 3 is 2.80 bits per heavy atom. The number of nitrogens with one attached hydrogen (secondary N) is 2. The van der Waals surface area contributed by atoms with Crippen molar-refractivity contribution in [2.24, 2.45) is 13.0 Å². The summed E-state index contributed by atoms with van der Waals surface area (Å²) in [7, 11) is 1.91. The number of benzene rings is 1. The van der Waals surface area contributed by atoms with Crippen molar-refractivity contribution in [3.63, 3.8) is 0 Å². The highest BCUT2D eigenvalue weighted by atomic mass is 35.5. The van der Waals surface area contributed by atoms with E-state index in [1.165, 1.54) is 16.7 Å². The van der Waals surface area contributed by atoms with Crippen LogP contribution in [0, 0.1) is 19.8 Å². The number of amides is 1. The molecule has 5 nitrogen and oxygen atoms in total. The second kappa shape index (κ2) is 8.02. The maximum atomic E-state index is 12.8. The highest BCUT2D eigenvalue weighted by Gasteiger charge is 2.35. The average molecular weight is 363 g/mol. The summed E-state index contributed by atoms with van der Waals surface area (Å²) in [6.07, 6.45) is 3.87. The molecule has 3 atom stereocenters. The number of hydrogen-bond acceptors (Lipinski definition) is 3. The molecule has 2 heterocycles. The van der Waals surface area contributed by atoms with Gasteiger partial charge in [0.25, 0.3) is 0 Å². The summed E-state index contributed by atoms with van der Waals surface area (Å²) in [6.45, 7) is 7.81. The van der Waals surface area contributed by atoms with E-state index in [-0.39, 0.29) is 36.2 Å². The van der Waals surface area contributed by atoms with Gasteiger partial charge in [0.2, 0.25) is 5.91 Å². The Morgan fingerprint density at radius 2 is 2.12 bits per heavy atom. The van der Waals surface area contributed by atoms with Crippen LogP contribution in [0.4, 0.5) is 0 Å². The van der Waals surface area contributed by atoms with Crippen molar-refractivity contribution in [3.05, 3.63) is 52.8 Å². The number of rotatable bonds is 4. The van der Waals surface area contributed by atoms with Gasteiger partial charge in [-0.1, -0.05) is 18.2 Å². The molecule has 1 aromatic heterocycles. The molecule has 0 bridgehead atoms. The second-order valence-corrected chi connectivity index (χ2v) is 6.84. The van der Waals surface area contributed by atoms with Gasteiger partial charge in [0.15, 0.2) is 0 Å². The summed E-state index contributed by atoms with van der Waals surface area (Å²) >= 11 is 0. The molecule has 1 saturated heterocycles. The summed E-state index contributed by atoms with van der Waals surface area (Å²) in [5.74, 6) is 0.244. The van der Waals surface area contributed by atoms with Gasteiger partial charge in [0, 0.05) is 32.3 Å². The third kappa shape index (κ3) is 4.05. The molecule has 25 heavy (non-hydrogen) atoms. The van der Waals surface area contributed by atoms with Gasteiger partial charge in [-0.3, -0.25) is 9.48 Å². The summed E-state index contributed by atoms with van der Waals surface area (Å²) in [6, 6.07) is 6.26. The SMILES string of the molecule is Cc1cccc(C(C)NC(=O)[C@H]2CNC[C@@H]2c2cnn(C)c2)c1C.Cl. The topological polar surface area (TPSA) is 59.0 Å². The molecule has 6 heteroatoms. The van der Waals surface area contributed by atoms with E-state index in [9.17, 15) is 4.79 Å². The van der Waals surface area contributed by atoms with Gasteiger partial charge in [0.1, 0.15) is 0 Å². The lowest BCUT2D eigenvalue weighted by Crippen LogP contribution is -2.36. The van der Waals surface area contributed by atoms with E-state index in [2.05, 4.69) is 54.7 Å². The van der Waals surface area contributed by atoms with Crippen molar-refractivity contribution in [3.8, 4) is 0 Å². The second-order valence-electron chi connectivity index (χ2n) is 6.84. The van der Waals surface area contributed by atoms with Crippen LogP contribution >= 0.6 is 12.4 Å². The van der Waals surface area contributed by atoms with Crippen molar-refractivity contribution in [2.75, 3.05) is 13.1 Å². The van der Waals surface area contributed by atoms with E-state index in [0.29, 0.717) is 6.54 Å². The number of aromatic nitrogens is 2. The minimum Gasteiger partial charge on any atom is -0.349 e. The van der Waals surface area contributed by atoms with E-state index in [4.69, 9.17) is 0 Å². The van der Waals surface area contributed by atoms with E-state index in [1.807, 2.05) is 19.4 Å². The van der Waals surface area contributed by atoms with Gasteiger partial charge in [0.05, 0.1) is 18.2 Å². The molecular weight excluding hydrogens is 336 g/mol. The van der Waals surface area contributed by atoms with Crippen LogP contribution < -0.4 is 10.6 Å². The molecule has 1 fully saturated rings. The Morgan fingerprint density at radius 1 is 1.36 bits per heavy atom. The Balaban J connectivity index is 0.00000225. The predicted octanol–water partition coefficient (Wildman–Crippen LogP) is 2.64. The highest BCUT2D eigenvalue weighted by molar-refractivity contribution is 5.85. The summed E-state index contributed by atoms with van der Waals surface area (Å²) in [4.78, 5) is 12.8. The van der Waals surface area contributed by atoms with Crippen molar-refractivity contribution >= 4 is 18.3 Å². The normalized spacial score (nSPS) is 20.8. The lowest BCUT2D eigenvalue weighted by atomic mass is 9.89. The van der Waals surface area contributed by atoms with E-state index >= 15 is 0 Å². The summed E-state index contributed by atoms with van der Waals surface area (Å²) in [5, 5.41) is 10.8. The largest absolute Gasteiger partial charge is 0.349 e. The first-order valence-electron chi connectivity index (χ1n) is 8.53. The molecule has 0 radical (unpaired) electrons. The molecule has 1 unspecified atom stereocenters. The van der Waals surface area contributed by atoms with Crippen molar-refractivity contribution in [2.45, 2.75) is 32.7 Å². The van der Waals surface area contributed by atoms with Crippen LogP contribution in [0.15, 0.2) is 30.6 Å². The first-order chi connectivity index (χ1) is 11.5. The van der Waals surface area contributed by atoms with E-state index in [0.717, 1.165) is 12.1 Å². The minimum absolute atomic E-state index is 0. The maximum Gasteiger partial charge on any atom is 0.225 e. The molecule has 3 rings (SSSR count). The van der Waals surface area contributed by atoms with Gasteiger partial charge < -0.3 is 10.6 Å². The summed E-state index contributed by atoms with van der Waals surface area (Å²) < 4.78 is 1.79. The Kier molecular flexibility index (Phi) is 6.25. The maximum absolute atomic E-state index is 12.8. The molecule has 1 amide bonds. The third-order valence-corrected chi connectivity index (χ3v) is 5.18. The Hall–Kier alpha value is -1.85. The fourth-order valence-corrected chi connectivity index (χ4v) is 3.58. The van der Waals surface area contributed by atoms with E-state index < -0.39 is 0 Å². The van der Waals surface area contributed by atoms with Crippen LogP contribution in [0.2, 0.25) is 0 Å². The number of aryl methyl sites for hydroxylation is 2. The molecule has 1 aliphatic rings. The zero-order valence-corrected chi connectivity index (χ0v) is 16.1. The molecule has 0 aliphatic carbocycles. The van der Waals surface area contributed by atoms with Gasteiger partial charge in [-0.25, -0.2) is 0 Å². The van der Waals surface area contributed by atoms with Crippen LogP contribution in [-0.2, 0) is 11.8 Å². The minimum atomic E-state index is -0.0539. The van der Waals surface area contributed by atoms with Crippen molar-refractivity contribution in [1.82, 2.24) is 20.4 Å². The van der Waals surface area contributed by atoms with Gasteiger partial charge in [-0.05, 0) is 43.0 Å². The number of carbonyl (C=O) groups is 1. The van der Waals surface area contributed by atoms with E-state index in [1.54, 1.807) is 4.68 Å². The standard InChI is InChI=1S/C19H26N4O.ClH/c1-12-6-5-7-16(13(12)2)14(3)22-19(24)18-10-20-9-17(18)15-8-21-23(4)11-15;/h5-8,11,14,17-18,20H,9-10H2,1-4H3,(H,22,24);1H/t14?,17-,18+;/m1./s1. The molecule has 2 aromatic rings. The fourth-order valence-electron chi connectivity index (χ4n) is 3.58. The van der Waals surface area contributed by atoms with Gasteiger partial charge in [-0.15, -0.1) is 12.4 Å². The van der Waals surface area contributed by atoms with Crippen LogP contribution in [0.1, 0.15) is 41.1 Å². The number of hydrogen-bond donors (Lipinski definition) is 2. The number of halogens is 1. The Bertz CT molecular complexity index is 743. The zero-order valence-electron chi connectivity index (χ0n) is 15.2. The number of nitrogens with zero attached hydrogens (tertiary/aromatic N) is 2. The predicted molar refractivity (Wildman–Crippen MR) is 102 cm³/mol. The molecule has 1 aliphatic heterocycles. The van der Waals surface area contributed by atoms with Crippen molar-refractivity contribution in [1.29, 1.82) is 0 Å². The molecule has 1 aromatic carbocycles. The molecular formula is C19H27ClN4O. The van der Waals surface area contributed by atoms with Crippen LogP contribution in [0.5, 0.6) is 0 Å². The lowest BCUT2D eigenvalue weighted by molar-refractivity contribution is -0.125. The van der Waals surface area contributed by atoms with Crippen LogP contribution in [-0.4, -0.2) is 28.8 Å². The van der Waals surface area contributed by atoms with Gasteiger partial charge >= 0.3 is 0 Å². The third-order valence-electron chi connectivity index (χ3n) is 5.18. The molecule has 136 valence electrons. The lowest BCUT2D eigenvalue weighted by Gasteiger charge is -2.22. The first kappa shape index (κ1) is 19.5. The fraction of sp³-hybridized carbons (Fsp3) is 0.474. The monoisotopic (exact) mass is 362 g/mol. The first-order valence-corrected chi connectivity index (χ1v) is 8.53. The molecule has 2 N–H and O–H groups in total. The highest BCUT2D eigenvalue weighted by Crippen LogP contribution is 2.29. The zero-order chi connectivity index (χ0) is 17.3. The van der Waals surface area contributed by atoms with Crippen LogP contribution in [0.3, 0.4) is 0 Å². The van der Waals surface area contributed by atoms with Gasteiger partial charge in [-0.2, -0.15) is 5.10 Å². The average Bonchev–Trinajstić information content (AvgIpc) is 3.18. The summed E-state index contributed by atoms with van der Waals surface area (Å²) in [5.41, 5.74) is 4.82. The molecule has 0 spiro atoms.